The van der Waals surface area contributed by atoms with Crippen molar-refractivity contribution >= 4 is 33.8 Å². The summed E-state index contributed by atoms with van der Waals surface area (Å²) in [6.07, 6.45) is 3.26. The Bertz CT molecular complexity index is 945. The molecule has 3 rings (SSSR count). The minimum atomic E-state index is -0.431. The van der Waals surface area contributed by atoms with Crippen molar-refractivity contribution in [3.63, 3.8) is 0 Å². The first-order valence-electron chi connectivity index (χ1n) is 7.98. The summed E-state index contributed by atoms with van der Waals surface area (Å²) >= 11 is 3.33. The van der Waals surface area contributed by atoms with Crippen molar-refractivity contribution in [3.8, 4) is 5.75 Å². The molecule has 0 unspecified atom stereocenters. The van der Waals surface area contributed by atoms with Gasteiger partial charge in [0, 0.05) is 10.0 Å². The molecule has 0 radical (unpaired) electrons. The first-order chi connectivity index (χ1) is 12.6. The molecule has 0 aromatic heterocycles. The van der Waals surface area contributed by atoms with Crippen LogP contribution in [0.15, 0.2) is 89.4 Å². The smallest absolute Gasteiger partial charge is 0.344 e. The van der Waals surface area contributed by atoms with Crippen molar-refractivity contribution < 1.29 is 14.3 Å². The van der Waals surface area contributed by atoms with Crippen LogP contribution < -0.4 is 4.74 Å². The van der Waals surface area contributed by atoms with Gasteiger partial charge >= 0.3 is 5.97 Å². The fourth-order valence-corrected chi connectivity index (χ4v) is 2.75. The molecule has 0 aliphatic heterocycles. The van der Waals surface area contributed by atoms with Crippen LogP contribution in [-0.4, -0.2) is 11.8 Å². The van der Waals surface area contributed by atoms with Crippen LogP contribution in [0.5, 0.6) is 5.75 Å². The molecule has 0 spiro atoms. The summed E-state index contributed by atoms with van der Waals surface area (Å²) in [6, 6.07) is 23.1. The highest BCUT2D eigenvalue weighted by molar-refractivity contribution is 9.10. The average molecular weight is 407 g/mol. The lowest BCUT2D eigenvalue weighted by molar-refractivity contribution is 0.0733. The van der Waals surface area contributed by atoms with E-state index < -0.39 is 5.97 Å². The van der Waals surface area contributed by atoms with Gasteiger partial charge in [-0.15, -0.1) is 0 Å². The molecule has 0 saturated carbocycles. The van der Waals surface area contributed by atoms with E-state index >= 15 is 0 Å². The largest absolute Gasteiger partial charge is 0.423 e. The third-order valence-corrected chi connectivity index (χ3v) is 4.36. The molecule has 3 aromatic rings. The Morgan fingerprint density at radius 1 is 0.808 bits per heavy atom. The predicted molar refractivity (Wildman–Crippen MR) is 105 cm³/mol. The van der Waals surface area contributed by atoms with Crippen molar-refractivity contribution in [2.24, 2.45) is 0 Å². The number of hydrogen-bond donors (Lipinski definition) is 0. The molecule has 0 aliphatic carbocycles. The molecule has 0 atom stereocenters. The summed E-state index contributed by atoms with van der Waals surface area (Å²) in [5.74, 6) is -0.0488. The molecular formula is C22H15BrO3. The maximum absolute atomic E-state index is 12.2. The highest BCUT2D eigenvalue weighted by Gasteiger charge is 2.11. The SMILES string of the molecule is O=C(/C=C/c1ccc(OC(=O)c2ccccc2Br)cc1)c1ccccc1. The van der Waals surface area contributed by atoms with Crippen molar-refractivity contribution in [2.45, 2.75) is 0 Å². The molecule has 0 bridgehead atoms. The first kappa shape index (κ1) is 17.8. The summed E-state index contributed by atoms with van der Waals surface area (Å²) < 4.78 is 6.06. The molecule has 0 N–H and O–H groups in total. The molecule has 3 nitrogen and oxygen atoms in total. The van der Waals surface area contributed by atoms with Crippen molar-refractivity contribution in [3.05, 3.63) is 106 Å². The number of carbonyl (C=O) groups is 2. The van der Waals surface area contributed by atoms with Gasteiger partial charge < -0.3 is 4.74 Å². The van der Waals surface area contributed by atoms with Gasteiger partial charge in [0.1, 0.15) is 5.75 Å². The Balaban J connectivity index is 1.65. The summed E-state index contributed by atoms with van der Waals surface area (Å²) in [6.45, 7) is 0. The summed E-state index contributed by atoms with van der Waals surface area (Å²) in [4.78, 5) is 24.2. The van der Waals surface area contributed by atoms with E-state index in [1.54, 1.807) is 60.7 Å². The quantitative estimate of drug-likeness (QED) is 0.241. The van der Waals surface area contributed by atoms with Crippen molar-refractivity contribution in [1.29, 1.82) is 0 Å². The second-order valence-corrected chi connectivity index (χ2v) is 6.36. The lowest BCUT2D eigenvalue weighted by atomic mass is 10.1. The zero-order chi connectivity index (χ0) is 18.4. The highest BCUT2D eigenvalue weighted by Crippen LogP contribution is 2.20. The maximum atomic E-state index is 12.2. The molecule has 0 heterocycles. The van der Waals surface area contributed by atoms with E-state index in [0.29, 0.717) is 21.3 Å². The van der Waals surface area contributed by atoms with Crippen LogP contribution in [0.3, 0.4) is 0 Å². The predicted octanol–water partition coefficient (Wildman–Crippen LogP) is 5.56. The molecule has 0 aliphatic rings. The molecule has 128 valence electrons. The monoisotopic (exact) mass is 406 g/mol. The number of rotatable bonds is 5. The number of halogens is 1. The number of carbonyl (C=O) groups excluding carboxylic acids is 2. The Kier molecular flexibility index (Phi) is 5.77. The second-order valence-electron chi connectivity index (χ2n) is 5.50. The fourth-order valence-electron chi connectivity index (χ4n) is 2.31. The van der Waals surface area contributed by atoms with Crippen LogP contribution >= 0.6 is 15.9 Å². The number of ketones is 1. The number of ether oxygens (including phenoxy) is 1. The van der Waals surface area contributed by atoms with Crippen LogP contribution in [-0.2, 0) is 0 Å². The average Bonchev–Trinajstić information content (AvgIpc) is 2.68. The van der Waals surface area contributed by atoms with Crippen LogP contribution in [0.1, 0.15) is 26.3 Å². The molecular weight excluding hydrogens is 392 g/mol. The summed E-state index contributed by atoms with van der Waals surface area (Å²) in [7, 11) is 0. The van der Waals surface area contributed by atoms with Gasteiger partial charge in [-0.2, -0.15) is 0 Å². The normalized spacial score (nSPS) is 10.7. The van der Waals surface area contributed by atoms with E-state index in [0.717, 1.165) is 5.56 Å². The van der Waals surface area contributed by atoms with E-state index in [4.69, 9.17) is 4.74 Å². The van der Waals surface area contributed by atoms with Crippen LogP contribution in [0, 0.1) is 0 Å². The zero-order valence-corrected chi connectivity index (χ0v) is 15.3. The van der Waals surface area contributed by atoms with Gasteiger partial charge in [-0.1, -0.05) is 60.7 Å². The number of allylic oxidation sites excluding steroid dienone is 1. The topological polar surface area (TPSA) is 43.4 Å². The summed E-state index contributed by atoms with van der Waals surface area (Å²) in [5.41, 5.74) is 1.95. The second kappa shape index (κ2) is 8.41. The third kappa shape index (κ3) is 4.55. The van der Waals surface area contributed by atoms with Gasteiger partial charge in [-0.3, -0.25) is 4.79 Å². The van der Waals surface area contributed by atoms with Crippen LogP contribution in [0.2, 0.25) is 0 Å². The van der Waals surface area contributed by atoms with Crippen LogP contribution in [0.25, 0.3) is 6.08 Å². The van der Waals surface area contributed by atoms with E-state index in [1.165, 1.54) is 6.08 Å². The number of benzene rings is 3. The first-order valence-corrected chi connectivity index (χ1v) is 8.77. The Labute approximate surface area is 160 Å². The maximum Gasteiger partial charge on any atom is 0.344 e. The minimum Gasteiger partial charge on any atom is -0.423 e. The zero-order valence-electron chi connectivity index (χ0n) is 13.8. The highest BCUT2D eigenvalue weighted by atomic mass is 79.9. The lowest BCUT2D eigenvalue weighted by Crippen LogP contribution is -2.09. The van der Waals surface area contributed by atoms with E-state index in [-0.39, 0.29) is 5.78 Å². The number of hydrogen-bond acceptors (Lipinski definition) is 3. The third-order valence-electron chi connectivity index (χ3n) is 3.67. The number of esters is 1. The van der Waals surface area contributed by atoms with Gasteiger partial charge in [0.05, 0.1) is 5.56 Å². The van der Waals surface area contributed by atoms with Crippen molar-refractivity contribution in [2.75, 3.05) is 0 Å². The molecule has 4 heteroatoms. The Morgan fingerprint density at radius 2 is 1.46 bits per heavy atom. The molecule has 0 fully saturated rings. The lowest BCUT2D eigenvalue weighted by Gasteiger charge is -2.06. The molecule has 0 saturated heterocycles. The summed E-state index contributed by atoms with van der Waals surface area (Å²) in [5, 5.41) is 0. The van der Waals surface area contributed by atoms with Gasteiger partial charge in [0.15, 0.2) is 5.78 Å². The molecule has 26 heavy (non-hydrogen) atoms. The molecule has 0 amide bonds. The Hall–Kier alpha value is -2.98. The van der Waals surface area contributed by atoms with Gasteiger partial charge in [-0.25, -0.2) is 4.79 Å². The van der Waals surface area contributed by atoms with E-state index in [9.17, 15) is 9.59 Å². The minimum absolute atomic E-state index is 0.0602. The van der Waals surface area contributed by atoms with E-state index in [2.05, 4.69) is 15.9 Å². The molecule has 3 aromatic carbocycles. The van der Waals surface area contributed by atoms with Crippen LogP contribution in [0.4, 0.5) is 0 Å². The van der Waals surface area contributed by atoms with Gasteiger partial charge in [-0.05, 0) is 51.8 Å². The Morgan fingerprint density at radius 3 is 2.15 bits per heavy atom. The standard InChI is InChI=1S/C22H15BrO3/c23-20-9-5-4-8-19(20)22(25)26-18-13-10-16(11-14-18)12-15-21(24)17-6-2-1-3-7-17/h1-15H/b15-12+. The van der Waals surface area contributed by atoms with E-state index in [1.807, 2.05) is 24.3 Å². The van der Waals surface area contributed by atoms with Crippen molar-refractivity contribution in [1.82, 2.24) is 0 Å². The van der Waals surface area contributed by atoms with Gasteiger partial charge in [0.2, 0.25) is 0 Å². The fraction of sp³-hybridized carbons (Fsp3) is 0. The van der Waals surface area contributed by atoms with Gasteiger partial charge in [0.25, 0.3) is 0 Å².